The Balaban J connectivity index is 2.47. The van der Waals surface area contributed by atoms with Crippen molar-refractivity contribution in [1.82, 2.24) is 5.32 Å². The number of ether oxygens (including phenoxy) is 1. The fourth-order valence-electron chi connectivity index (χ4n) is 2.80. The molecule has 1 aliphatic heterocycles. The Morgan fingerprint density at radius 1 is 1.33 bits per heavy atom. The largest absolute Gasteiger partial charge is 0.443 e. The smallest absolute Gasteiger partial charge is 0.415 e. The van der Waals surface area contributed by atoms with E-state index in [4.69, 9.17) is 4.74 Å². The SMILES string of the molecule is Cc1ccc([N+](=O)[O-])c(N(C(=O)OC(C)(C)C)C2CCNCC2)c1. The number of amides is 1. The number of nitro benzene ring substituents is 1. The second-order valence-electron chi connectivity index (χ2n) is 7.08. The first-order chi connectivity index (χ1) is 11.2. The van der Waals surface area contributed by atoms with Gasteiger partial charge < -0.3 is 10.1 Å². The van der Waals surface area contributed by atoms with Crippen molar-refractivity contribution in [1.29, 1.82) is 0 Å². The molecule has 7 heteroatoms. The van der Waals surface area contributed by atoms with Crippen LogP contribution in [0.1, 0.15) is 39.2 Å². The molecule has 1 aliphatic rings. The molecule has 2 rings (SSSR count). The molecule has 0 unspecified atom stereocenters. The quantitative estimate of drug-likeness (QED) is 0.676. The molecule has 1 amide bonds. The van der Waals surface area contributed by atoms with E-state index in [1.165, 1.54) is 11.0 Å². The molecule has 1 N–H and O–H groups in total. The Kier molecular flexibility index (Phi) is 5.43. The van der Waals surface area contributed by atoms with Crippen molar-refractivity contribution in [2.24, 2.45) is 0 Å². The summed E-state index contributed by atoms with van der Waals surface area (Å²) in [5, 5.41) is 14.7. The van der Waals surface area contributed by atoms with E-state index in [-0.39, 0.29) is 11.7 Å². The molecule has 7 nitrogen and oxygen atoms in total. The van der Waals surface area contributed by atoms with Crippen LogP contribution in [-0.2, 0) is 4.74 Å². The molecule has 1 saturated heterocycles. The van der Waals surface area contributed by atoms with Crippen LogP contribution >= 0.6 is 0 Å². The first-order valence-electron chi connectivity index (χ1n) is 8.17. The highest BCUT2D eigenvalue weighted by atomic mass is 16.6. The van der Waals surface area contributed by atoms with E-state index in [1.807, 2.05) is 6.92 Å². The Morgan fingerprint density at radius 2 is 1.96 bits per heavy atom. The van der Waals surface area contributed by atoms with E-state index in [9.17, 15) is 14.9 Å². The van der Waals surface area contributed by atoms with Gasteiger partial charge in [0.15, 0.2) is 0 Å². The fourth-order valence-corrected chi connectivity index (χ4v) is 2.80. The highest BCUT2D eigenvalue weighted by molar-refractivity contribution is 5.91. The van der Waals surface area contributed by atoms with Crippen molar-refractivity contribution in [2.75, 3.05) is 18.0 Å². The molecule has 0 saturated carbocycles. The van der Waals surface area contributed by atoms with Gasteiger partial charge in [-0.25, -0.2) is 4.79 Å². The summed E-state index contributed by atoms with van der Waals surface area (Å²) in [6.07, 6.45) is 0.914. The van der Waals surface area contributed by atoms with Gasteiger partial charge in [-0.1, -0.05) is 6.07 Å². The molecule has 0 spiro atoms. The van der Waals surface area contributed by atoms with E-state index >= 15 is 0 Å². The second-order valence-corrected chi connectivity index (χ2v) is 7.08. The maximum Gasteiger partial charge on any atom is 0.415 e. The van der Waals surface area contributed by atoms with Crippen LogP contribution in [0, 0.1) is 17.0 Å². The molecule has 0 aromatic heterocycles. The highest BCUT2D eigenvalue weighted by Crippen LogP contribution is 2.33. The van der Waals surface area contributed by atoms with Crippen molar-refractivity contribution in [3.8, 4) is 0 Å². The van der Waals surface area contributed by atoms with Crippen LogP contribution in [0.25, 0.3) is 0 Å². The lowest BCUT2D eigenvalue weighted by Gasteiger charge is -2.35. The molecule has 1 heterocycles. The zero-order valence-electron chi connectivity index (χ0n) is 14.7. The summed E-state index contributed by atoms with van der Waals surface area (Å²) >= 11 is 0. The fraction of sp³-hybridized carbons (Fsp3) is 0.588. The van der Waals surface area contributed by atoms with Crippen molar-refractivity contribution in [3.63, 3.8) is 0 Å². The summed E-state index contributed by atoms with van der Waals surface area (Å²) in [6.45, 7) is 8.75. The Bertz CT molecular complexity index is 619. The molecule has 0 bridgehead atoms. The lowest BCUT2D eigenvalue weighted by Crippen LogP contribution is -2.48. The van der Waals surface area contributed by atoms with Crippen LogP contribution in [0.3, 0.4) is 0 Å². The topological polar surface area (TPSA) is 84.7 Å². The van der Waals surface area contributed by atoms with Gasteiger partial charge in [-0.05, 0) is 65.3 Å². The molecular weight excluding hydrogens is 310 g/mol. The van der Waals surface area contributed by atoms with Gasteiger partial charge in [0.2, 0.25) is 0 Å². The zero-order valence-corrected chi connectivity index (χ0v) is 14.7. The summed E-state index contributed by atoms with van der Waals surface area (Å²) in [5.74, 6) is 0. The lowest BCUT2D eigenvalue weighted by atomic mass is 10.0. The van der Waals surface area contributed by atoms with Gasteiger partial charge in [-0.15, -0.1) is 0 Å². The number of nitro groups is 1. The van der Waals surface area contributed by atoms with E-state index in [2.05, 4.69) is 5.32 Å². The van der Waals surface area contributed by atoms with Gasteiger partial charge in [-0.3, -0.25) is 15.0 Å². The minimum atomic E-state index is -0.666. The van der Waals surface area contributed by atoms with E-state index in [0.717, 1.165) is 31.5 Å². The monoisotopic (exact) mass is 335 g/mol. The number of nitrogens with one attached hydrogen (secondary N) is 1. The summed E-state index contributed by atoms with van der Waals surface area (Å²) in [4.78, 5) is 25.3. The Labute approximate surface area is 142 Å². The number of hydrogen-bond acceptors (Lipinski definition) is 5. The molecule has 1 fully saturated rings. The molecule has 132 valence electrons. The molecule has 0 aliphatic carbocycles. The number of carbonyl (C=O) groups excluding carboxylic acids is 1. The van der Waals surface area contributed by atoms with Crippen LogP contribution in [0.2, 0.25) is 0 Å². The standard InChI is InChI=1S/C17H25N3O4/c1-12-5-6-14(20(22)23)15(11-12)19(13-7-9-18-10-8-13)16(21)24-17(2,3)4/h5-6,11,13,18H,7-10H2,1-4H3. The van der Waals surface area contributed by atoms with Crippen LogP contribution in [-0.4, -0.2) is 35.7 Å². The predicted molar refractivity (Wildman–Crippen MR) is 92.4 cm³/mol. The number of rotatable bonds is 3. The normalized spacial score (nSPS) is 15.8. The summed E-state index contributed by atoms with van der Waals surface area (Å²) in [5.41, 5.74) is 0.421. The average molecular weight is 335 g/mol. The van der Waals surface area contributed by atoms with Crippen LogP contribution < -0.4 is 10.2 Å². The van der Waals surface area contributed by atoms with Gasteiger partial charge in [0, 0.05) is 12.1 Å². The molecule has 1 aromatic rings. The van der Waals surface area contributed by atoms with Gasteiger partial charge in [-0.2, -0.15) is 0 Å². The van der Waals surface area contributed by atoms with Crippen molar-refractivity contribution in [3.05, 3.63) is 33.9 Å². The third-order valence-corrected chi connectivity index (χ3v) is 3.85. The number of carbonyl (C=O) groups is 1. The second kappa shape index (κ2) is 7.17. The summed E-state index contributed by atoms with van der Waals surface area (Å²) < 4.78 is 5.53. The van der Waals surface area contributed by atoms with Gasteiger partial charge in [0.1, 0.15) is 11.3 Å². The van der Waals surface area contributed by atoms with Crippen molar-refractivity contribution < 1.29 is 14.5 Å². The number of hydrogen-bond donors (Lipinski definition) is 1. The molecule has 24 heavy (non-hydrogen) atoms. The zero-order chi connectivity index (χ0) is 17.9. The first kappa shape index (κ1) is 18.2. The van der Waals surface area contributed by atoms with E-state index in [0.29, 0.717) is 5.69 Å². The van der Waals surface area contributed by atoms with Crippen LogP contribution in [0.15, 0.2) is 18.2 Å². The number of anilines is 1. The average Bonchev–Trinajstić information content (AvgIpc) is 2.46. The Morgan fingerprint density at radius 3 is 2.50 bits per heavy atom. The Hall–Kier alpha value is -2.15. The number of aryl methyl sites for hydroxylation is 1. The number of nitrogens with zero attached hydrogens (tertiary/aromatic N) is 2. The summed E-state index contributed by atoms with van der Waals surface area (Å²) in [7, 11) is 0. The van der Waals surface area contributed by atoms with Gasteiger partial charge in [0.05, 0.1) is 4.92 Å². The van der Waals surface area contributed by atoms with Gasteiger partial charge >= 0.3 is 6.09 Å². The minimum absolute atomic E-state index is 0.0787. The summed E-state index contributed by atoms with van der Waals surface area (Å²) in [6, 6.07) is 4.69. The van der Waals surface area contributed by atoms with Gasteiger partial charge in [0.25, 0.3) is 5.69 Å². The number of benzene rings is 1. The maximum absolute atomic E-state index is 12.8. The lowest BCUT2D eigenvalue weighted by molar-refractivity contribution is -0.384. The van der Waals surface area contributed by atoms with Crippen molar-refractivity contribution in [2.45, 2.75) is 52.2 Å². The minimum Gasteiger partial charge on any atom is -0.443 e. The van der Waals surface area contributed by atoms with Crippen molar-refractivity contribution >= 4 is 17.5 Å². The maximum atomic E-state index is 12.8. The van der Waals surface area contributed by atoms with Crippen LogP contribution in [0.4, 0.5) is 16.2 Å². The van der Waals surface area contributed by atoms with E-state index in [1.54, 1.807) is 32.9 Å². The van der Waals surface area contributed by atoms with E-state index < -0.39 is 16.6 Å². The first-order valence-corrected chi connectivity index (χ1v) is 8.17. The molecule has 0 atom stereocenters. The van der Waals surface area contributed by atoms with Crippen LogP contribution in [0.5, 0.6) is 0 Å². The number of piperidine rings is 1. The molecule has 0 radical (unpaired) electrons. The third-order valence-electron chi connectivity index (χ3n) is 3.85. The molecular formula is C17H25N3O4. The predicted octanol–water partition coefficient (Wildman–Crippen LogP) is 3.40. The highest BCUT2D eigenvalue weighted by Gasteiger charge is 2.34. The third kappa shape index (κ3) is 4.44. The molecule has 1 aromatic carbocycles.